The first-order chi connectivity index (χ1) is 11.0. The molecule has 1 aliphatic carbocycles. The average molecular weight is 318 g/mol. The molecule has 2 rings (SSSR count). The SMILES string of the molecule is CCOC(=O)C1CC(C(=O)OCC)C(=O)c2ccccc2C1=O. The van der Waals surface area contributed by atoms with Crippen molar-refractivity contribution < 1.29 is 28.7 Å². The summed E-state index contributed by atoms with van der Waals surface area (Å²) in [6.07, 6.45) is -0.232. The molecule has 0 amide bonds. The van der Waals surface area contributed by atoms with E-state index in [0.29, 0.717) is 0 Å². The normalized spacial score (nSPS) is 20.4. The van der Waals surface area contributed by atoms with Gasteiger partial charge in [-0.3, -0.25) is 19.2 Å². The lowest BCUT2D eigenvalue weighted by Gasteiger charge is -2.16. The van der Waals surface area contributed by atoms with E-state index >= 15 is 0 Å². The highest BCUT2D eigenvalue weighted by Crippen LogP contribution is 2.30. The van der Waals surface area contributed by atoms with Crippen molar-refractivity contribution in [3.05, 3.63) is 35.4 Å². The van der Waals surface area contributed by atoms with Crippen LogP contribution in [-0.4, -0.2) is 36.7 Å². The first-order valence-corrected chi connectivity index (χ1v) is 7.51. The van der Waals surface area contributed by atoms with E-state index in [1.807, 2.05) is 0 Å². The van der Waals surface area contributed by atoms with Crippen molar-refractivity contribution in [1.29, 1.82) is 0 Å². The van der Waals surface area contributed by atoms with Crippen molar-refractivity contribution in [1.82, 2.24) is 0 Å². The Bertz CT molecular complexity index is 593. The summed E-state index contributed by atoms with van der Waals surface area (Å²) in [5, 5.41) is 0. The van der Waals surface area contributed by atoms with Crippen molar-refractivity contribution in [2.45, 2.75) is 20.3 Å². The predicted molar refractivity (Wildman–Crippen MR) is 80.0 cm³/mol. The zero-order valence-corrected chi connectivity index (χ0v) is 13.0. The van der Waals surface area contributed by atoms with E-state index in [4.69, 9.17) is 9.47 Å². The van der Waals surface area contributed by atoms with Crippen LogP contribution in [0.2, 0.25) is 0 Å². The van der Waals surface area contributed by atoms with E-state index in [1.54, 1.807) is 26.0 Å². The number of ketones is 2. The molecule has 0 aliphatic heterocycles. The molecule has 6 heteroatoms. The van der Waals surface area contributed by atoms with E-state index in [1.165, 1.54) is 12.1 Å². The maximum absolute atomic E-state index is 12.6. The van der Waals surface area contributed by atoms with Crippen LogP contribution in [0.25, 0.3) is 0 Å². The summed E-state index contributed by atoms with van der Waals surface area (Å²) < 4.78 is 9.84. The van der Waals surface area contributed by atoms with E-state index < -0.39 is 35.3 Å². The summed E-state index contributed by atoms with van der Waals surface area (Å²) in [7, 11) is 0. The minimum atomic E-state index is -1.18. The zero-order valence-electron chi connectivity index (χ0n) is 13.0. The van der Waals surface area contributed by atoms with Crippen LogP contribution in [0.5, 0.6) is 0 Å². The summed E-state index contributed by atoms with van der Waals surface area (Å²) in [6.45, 7) is 3.48. The fourth-order valence-electron chi connectivity index (χ4n) is 2.63. The molecule has 0 heterocycles. The molecule has 1 aromatic carbocycles. The van der Waals surface area contributed by atoms with Crippen molar-refractivity contribution >= 4 is 23.5 Å². The summed E-state index contributed by atoms with van der Waals surface area (Å²) in [5.41, 5.74) is 0.282. The van der Waals surface area contributed by atoms with Gasteiger partial charge in [0.1, 0.15) is 11.8 Å². The van der Waals surface area contributed by atoms with Crippen LogP contribution in [-0.2, 0) is 19.1 Å². The number of rotatable bonds is 4. The van der Waals surface area contributed by atoms with Crippen LogP contribution in [0.4, 0.5) is 0 Å². The van der Waals surface area contributed by atoms with Crippen LogP contribution >= 0.6 is 0 Å². The molecule has 0 fully saturated rings. The van der Waals surface area contributed by atoms with Crippen molar-refractivity contribution in [3.8, 4) is 0 Å². The van der Waals surface area contributed by atoms with Gasteiger partial charge in [0, 0.05) is 11.1 Å². The number of Topliss-reactive ketones (excluding diaryl/α,β-unsaturated/α-hetero) is 2. The summed E-state index contributed by atoms with van der Waals surface area (Å²) in [6, 6.07) is 6.18. The fraction of sp³-hybridized carbons (Fsp3) is 0.412. The molecule has 1 aromatic rings. The van der Waals surface area contributed by atoms with Crippen LogP contribution in [0.3, 0.4) is 0 Å². The van der Waals surface area contributed by atoms with Gasteiger partial charge in [-0.25, -0.2) is 0 Å². The Morgan fingerprint density at radius 3 is 1.65 bits per heavy atom. The molecule has 0 radical (unpaired) electrons. The van der Waals surface area contributed by atoms with Crippen LogP contribution in [0, 0.1) is 11.8 Å². The number of benzene rings is 1. The second-order valence-corrected chi connectivity index (χ2v) is 5.12. The Labute approximate surface area is 133 Å². The maximum Gasteiger partial charge on any atom is 0.316 e. The Morgan fingerprint density at radius 1 is 0.913 bits per heavy atom. The first kappa shape index (κ1) is 16.9. The van der Waals surface area contributed by atoms with Gasteiger partial charge in [0.15, 0.2) is 11.6 Å². The lowest BCUT2D eigenvalue weighted by atomic mass is 9.91. The highest BCUT2D eigenvalue weighted by molar-refractivity contribution is 6.20. The van der Waals surface area contributed by atoms with Gasteiger partial charge in [-0.2, -0.15) is 0 Å². The molecule has 0 spiro atoms. The Hall–Kier alpha value is -2.50. The third kappa shape index (κ3) is 3.31. The Balaban J connectivity index is 2.49. The number of hydrogen-bond acceptors (Lipinski definition) is 6. The van der Waals surface area contributed by atoms with Gasteiger partial charge in [0.25, 0.3) is 0 Å². The number of carbonyl (C=O) groups is 4. The molecule has 0 aromatic heterocycles. The molecule has 6 nitrogen and oxygen atoms in total. The number of carbonyl (C=O) groups excluding carboxylic acids is 4. The molecule has 1 aliphatic rings. The molecular weight excluding hydrogens is 300 g/mol. The lowest BCUT2D eigenvalue weighted by Crippen LogP contribution is -2.31. The minimum absolute atomic E-state index is 0.113. The van der Waals surface area contributed by atoms with E-state index in [2.05, 4.69) is 0 Å². The second kappa shape index (κ2) is 7.17. The number of fused-ring (bicyclic) bond motifs is 1. The molecule has 2 atom stereocenters. The van der Waals surface area contributed by atoms with E-state index in [9.17, 15) is 19.2 Å². The second-order valence-electron chi connectivity index (χ2n) is 5.12. The molecule has 0 N–H and O–H groups in total. The van der Waals surface area contributed by atoms with Gasteiger partial charge in [-0.1, -0.05) is 24.3 Å². The molecule has 2 unspecified atom stereocenters. The van der Waals surface area contributed by atoms with Crippen LogP contribution < -0.4 is 0 Å². The highest BCUT2D eigenvalue weighted by atomic mass is 16.5. The zero-order chi connectivity index (χ0) is 17.0. The van der Waals surface area contributed by atoms with Crippen molar-refractivity contribution in [3.63, 3.8) is 0 Å². The molecular formula is C17H18O6. The summed E-state index contributed by atoms with van der Waals surface area (Å²) in [5.74, 6) is -4.82. The Kier molecular flexibility index (Phi) is 5.26. The Morgan fingerprint density at radius 2 is 1.30 bits per heavy atom. The smallest absolute Gasteiger partial charge is 0.316 e. The summed E-state index contributed by atoms with van der Waals surface area (Å²) in [4.78, 5) is 49.4. The van der Waals surface area contributed by atoms with Gasteiger partial charge >= 0.3 is 11.9 Å². The van der Waals surface area contributed by atoms with Crippen LogP contribution in [0.15, 0.2) is 24.3 Å². The number of esters is 2. The quantitative estimate of drug-likeness (QED) is 0.478. The van der Waals surface area contributed by atoms with Gasteiger partial charge in [0.05, 0.1) is 13.2 Å². The number of ether oxygens (including phenoxy) is 2. The van der Waals surface area contributed by atoms with Gasteiger partial charge in [-0.15, -0.1) is 0 Å². The third-order valence-electron chi connectivity index (χ3n) is 3.70. The molecule has 0 saturated heterocycles. The fourth-order valence-corrected chi connectivity index (χ4v) is 2.63. The first-order valence-electron chi connectivity index (χ1n) is 7.51. The molecule has 23 heavy (non-hydrogen) atoms. The molecule has 0 saturated carbocycles. The minimum Gasteiger partial charge on any atom is -0.465 e. The van der Waals surface area contributed by atoms with Crippen molar-refractivity contribution in [2.24, 2.45) is 11.8 Å². The van der Waals surface area contributed by atoms with Gasteiger partial charge in [0.2, 0.25) is 0 Å². The largest absolute Gasteiger partial charge is 0.465 e. The summed E-state index contributed by atoms with van der Waals surface area (Å²) >= 11 is 0. The topological polar surface area (TPSA) is 86.7 Å². The molecule has 122 valence electrons. The molecule has 0 bridgehead atoms. The van der Waals surface area contributed by atoms with Crippen LogP contribution in [0.1, 0.15) is 41.0 Å². The standard InChI is InChI=1S/C17H18O6/c1-3-22-16(20)12-9-13(17(21)23-4-2)15(19)11-8-6-5-7-10(11)14(12)18/h5-8,12-13H,3-4,9H2,1-2H3. The lowest BCUT2D eigenvalue weighted by molar-refractivity contribution is -0.149. The van der Waals surface area contributed by atoms with E-state index in [0.717, 1.165) is 0 Å². The predicted octanol–water partition coefficient (Wildman–Crippen LogP) is 1.81. The number of hydrogen-bond donors (Lipinski definition) is 0. The monoisotopic (exact) mass is 318 g/mol. The van der Waals surface area contributed by atoms with Gasteiger partial charge in [-0.05, 0) is 20.3 Å². The maximum atomic E-state index is 12.6. The van der Waals surface area contributed by atoms with E-state index in [-0.39, 0.29) is 30.8 Å². The van der Waals surface area contributed by atoms with Crippen molar-refractivity contribution in [2.75, 3.05) is 13.2 Å². The average Bonchev–Trinajstić information content (AvgIpc) is 2.65. The highest BCUT2D eigenvalue weighted by Gasteiger charge is 2.43. The third-order valence-corrected chi connectivity index (χ3v) is 3.70. The van der Waals surface area contributed by atoms with Gasteiger partial charge < -0.3 is 9.47 Å².